The molecule has 2 N–H and O–H groups in total. The lowest BCUT2D eigenvalue weighted by molar-refractivity contribution is -0.119. The Balaban J connectivity index is 1.35. The first-order valence-corrected chi connectivity index (χ1v) is 10.7. The van der Waals surface area contributed by atoms with E-state index in [2.05, 4.69) is 15.6 Å². The van der Waals surface area contributed by atoms with Crippen molar-refractivity contribution in [1.29, 1.82) is 0 Å². The molecule has 1 aliphatic heterocycles. The predicted octanol–water partition coefficient (Wildman–Crippen LogP) is 3.93. The topological polar surface area (TPSA) is 97.4 Å². The van der Waals surface area contributed by atoms with Gasteiger partial charge in [0.25, 0.3) is 5.91 Å². The number of carbonyl (C=O) groups excluding carboxylic acids is 3. The Kier molecular flexibility index (Phi) is 5.96. The van der Waals surface area contributed by atoms with Crippen LogP contribution >= 0.6 is 23.1 Å². The van der Waals surface area contributed by atoms with E-state index in [9.17, 15) is 23.2 Å². The number of anilines is 2. The number of rotatable bonds is 5. The standard InChI is InChI=1S/C20H13F2N3O4S2/c21-11-2-3-13(22)12(6-11)15-8-31-20(24-15)25-17(26)7-29-19(28)10-1-4-16-14(5-10)23-18(27)9-30-16/h1-6,8H,7,9H2,(H,23,27)(H,24,25,26). The molecule has 2 amide bonds. The van der Waals surface area contributed by atoms with Gasteiger partial charge in [0.2, 0.25) is 5.91 Å². The number of aromatic nitrogens is 1. The van der Waals surface area contributed by atoms with Gasteiger partial charge in [-0.25, -0.2) is 18.6 Å². The van der Waals surface area contributed by atoms with E-state index in [1.165, 1.54) is 23.2 Å². The molecule has 0 unspecified atom stereocenters. The molecule has 31 heavy (non-hydrogen) atoms. The Hall–Kier alpha value is -3.31. The fourth-order valence-corrected chi connectivity index (χ4v) is 4.24. The summed E-state index contributed by atoms with van der Waals surface area (Å²) >= 11 is 2.38. The lowest BCUT2D eigenvalue weighted by Gasteiger charge is -2.16. The van der Waals surface area contributed by atoms with Crippen molar-refractivity contribution in [3.05, 3.63) is 59.0 Å². The minimum absolute atomic E-state index is 0.0270. The van der Waals surface area contributed by atoms with Crippen LogP contribution < -0.4 is 10.6 Å². The molecule has 2 aromatic carbocycles. The average molecular weight is 461 g/mol. The third kappa shape index (κ3) is 4.89. The van der Waals surface area contributed by atoms with Crippen LogP contribution in [0, 0.1) is 11.6 Å². The lowest BCUT2D eigenvalue weighted by atomic mass is 10.1. The monoisotopic (exact) mass is 461 g/mol. The molecule has 3 aromatic rings. The van der Waals surface area contributed by atoms with Gasteiger partial charge in [0, 0.05) is 15.8 Å². The average Bonchev–Trinajstić information content (AvgIpc) is 3.21. The number of fused-ring (bicyclic) bond motifs is 1. The highest BCUT2D eigenvalue weighted by atomic mass is 32.2. The zero-order valence-corrected chi connectivity index (χ0v) is 17.2. The maximum atomic E-state index is 13.9. The van der Waals surface area contributed by atoms with Gasteiger partial charge >= 0.3 is 5.97 Å². The van der Waals surface area contributed by atoms with E-state index in [1.807, 2.05) is 0 Å². The largest absolute Gasteiger partial charge is 0.452 e. The number of ether oxygens (including phenoxy) is 1. The van der Waals surface area contributed by atoms with E-state index >= 15 is 0 Å². The fourth-order valence-electron chi connectivity index (χ4n) is 2.73. The van der Waals surface area contributed by atoms with Crippen LogP contribution in [0.5, 0.6) is 0 Å². The van der Waals surface area contributed by atoms with Gasteiger partial charge in [0.1, 0.15) is 11.6 Å². The Morgan fingerprint density at radius 2 is 2.03 bits per heavy atom. The molecule has 158 valence electrons. The van der Waals surface area contributed by atoms with Gasteiger partial charge in [0.05, 0.1) is 22.7 Å². The van der Waals surface area contributed by atoms with Crippen LogP contribution in [0.1, 0.15) is 10.4 Å². The summed E-state index contributed by atoms with van der Waals surface area (Å²) in [6, 6.07) is 7.73. The number of amides is 2. The van der Waals surface area contributed by atoms with Gasteiger partial charge in [0.15, 0.2) is 11.7 Å². The summed E-state index contributed by atoms with van der Waals surface area (Å²) in [4.78, 5) is 40.7. The van der Waals surface area contributed by atoms with Crippen LogP contribution in [0.3, 0.4) is 0 Å². The number of hydrogen-bond acceptors (Lipinski definition) is 7. The summed E-state index contributed by atoms with van der Waals surface area (Å²) in [6.45, 7) is -0.569. The number of thiazole rings is 1. The first-order chi connectivity index (χ1) is 14.9. The molecule has 0 spiro atoms. The summed E-state index contributed by atoms with van der Waals surface area (Å²) in [7, 11) is 0. The Morgan fingerprint density at radius 3 is 2.87 bits per heavy atom. The molecule has 0 fully saturated rings. The van der Waals surface area contributed by atoms with E-state index in [0.29, 0.717) is 11.4 Å². The van der Waals surface area contributed by atoms with Gasteiger partial charge in [-0.05, 0) is 36.4 Å². The molecule has 1 aromatic heterocycles. The van der Waals surface area contributed by atoms with Crippen molar-refractivity contribution in [2.24, 2.45) is 0 Å². The molecule has 11 heteroatoms. The molecule has 4 rings (SSSR count). The Morgan fingerprint density at radius 1 is 1.19 bits per heavy atom. The van der Waals surface area contributed by atoms with Gasteiger partial charge in [-0.15, -0.1) is 23.1 Å². The van der Waals surface area contributed by atoms with Crippen molar-refractivity contribution in [2.45, 2.75) is 4.90 Å². The zero-order valence-electron chi connectivity index (χ0n) is 15.6. The second-order valence-corrected chi connectivity index (χ2v) is 8.21. The minimum Gasteiger partial charge on any atom is -0.452 e. The van der Waals surface area contributed by atoms with Crippen molar-refractivity contribution < 1.29 is 27.9 Å². The highest BCUT2D eigenvalue weighted by molar-refractivity contribution is 8.00. The molecule has 0 saturated heterocycles. The van der Waals surface area contributed by atoms with Gasteiger partial charge in [-0.2, -0.15) is 0 Å². The molecule has 0 aliphatic carbocycles. The first kappa shape index (κ1) is 20.9. The number of thioether (sulfide) groups is 1. The minimum atomic E-state index is -0.732. The van der Waals surface area contributed by atoms with E-state index in [4.69, 9.17) is 4.74 Å². The third-order valence-corrected chi connectivity index (χ3v) is 5.97. The van der Waals surface area contributed by atoms with Gasteiger partial charge < -0.3 is 10.1 Å². The number of nitrogens with zero attached hydrogens (tertiary/aromatic N) is 1. The highest BCUT2D eigenvalue weighted by Gasteiger charge is 2.19. The number of carbonyl (C=O) groups is 3. The number of hydrogen-bond donors (Lipinski definition) is 2. The second-order valence-electron chi connectivity index (χ2n) is 6.33. The van der Waals surface area contributed by atoms with E-state index < -0.39 is 30.1 Å². The molecule has 0 saturated carbocycles. The smallest absolute Gasteiger partial charge is 0.338 e. The highest BCUT2D eigenvalue weighted by Crippen LogP contribution is 2.32. The summed E-state index contributed by atoms with van der Waals surface area (Å²) in [5, 5.41) is 6.73. The van der Waals surface area contributed by atoms with Crippen LogP contribution in [0.15, 0.2) is 46.7 Å². The lowest BCUT2D eigenvalue weighted by Crippen LogP contribution is -2.21. The predicted molar refractivity (Wildman–Crippen MR) is 112 cm³/mol. The molecule has 2 heterocycles. The van der Waals surface area contributed by atoms with Crippen LogP contribution in [-0.4, -0.2) is 35.1 Å². The van der Waals surface area contributed by atoms with Gasteiger partial charge in [-0.3, -0.25) is 14.9 Å². The number of esters is 1. The summed E-state index contributed by atoms with van der Waals surface area (Å²) in [5.41, 5.74) is 0.844. The first-order valence-electron chi connectivity index (χ1n) is 8.83. The summed E-state index contributed by atoms with van der Waals surface area (Å²) < 4.78 is 32.2. The van der Waals surface area contributed by atoms with E-state index in [-0.39, 0.29) is 27.9 Å². The number of nitrogens with one attached hydrogen (secondary N) is 2. The van der Waals surface area contributed by atoms with Crippen molar-refractivity contribution >= 4 is 51.7 Å². The summed E-state index contributed by atoms with van der Waals surface area (Å²) in [6.07, 6.45) is 0. The van der Waals surface area contributed by atoms with Crippen LogP contribution in [-0.2, 0) is 14.3 Å². The molecule has 0 bridgehead atoms. The molecule has 1 aliphatic rings. The summed E-state index contributed by atoms with van der Waals surface area (Å²) in [5.74, 6) is -2.48. The number of benzene rings is 2. The molecule has 0 radical (unpaired) electrons. The fraction of sp³-hybridized carbons (Fsp3) is 0.100. The molecule has 0 atom stereocenters. The van der Waals surface area contributed by atoms with Crippen LogP contribution in [0.2, 0.25) is 0 Å². The maximum absolute atomic E-state index is 13.9. The Labute approximate surface area is 182 Å². The molecule has 7 nitrogen and oxygen atoms in total. The van der Waals surface area contributed by atoms with E-state index in [0.717, 1.165) is 34.4 Å². The number of halogens is 2. The Bertz CT molecular complexity index is 1200. The molecular weight excluding hydrogens is 448 g/mol. The second kappa shape index (κ2) is 8.82. The quantitative estimate of drug-likeness (QED) is 0.559. The van der Waals surface area contributed by atoms with Crippen molar-refractivity contribution in [2.75, 3.05) is 23.0 Å². The normalized spacial score (nSPS) is 12.6. The van der Waals surface area contributed by atoms with Crippen LogP contribution in [0.4, 0.5) is 19.6 Å². The molecular formula is C20H13F2N3O4S2. The zero-order chi connectivity index (χ0) is 22.0. The van der Waals surface area contributed by atoms with Crippen molar-refractivity contribution in [1.82, 2.24) is 4.98 Å². The maximum Gasteiger partial charge on any atom is 0.338 e. The van der Waals surface area contributed by atoms with Crippen molar-refractivity contribution in [3.63, 3.8) is 0 Å². The third-order valence-electron chi connectivity index (χ3n) is 4.14. The van der Waals surface area contributed by atoms with Crippen molar-refractivity contribution in [3.8, 4) is 11.3 Å². The van der Waals surface area contributed by atoms with Gasteiger partial charge in [-0.1, -0.05) is 0 Å². The SMILES string of the molecule is O=C(COC(=O)c1ccc2c(c1)NC(=O)CS2)Nc1nc(-c2cc(F)ccc2F)cs1. The van der Waals surface area contributed by atoms with Crippen LogP contribution in [0.25, 0.3) is 11.3 Å². The van der Waals surface area contributed by atoms with E-state index in [1.54, 1.807) is 12.1 Å².